The highest BCUT2D eigenvalue weighted by molar-refractivity contribution is 9.10. The van der Waals surface area contributed by atoms with Crippen molar-refractivity contribution in [2.24, 2.45) is 0 Å². The molecule has 0 atom stereocenters. The molecule has 0 bridgehead atoms. The van der Waals surface area contributed by atoms with Gasteiger partial charge in [0.15, 0.2) is 0 Å². The molecule has 1 amide bonds. The normalized spacial score (nSPS) is 10.5. The van der Waals surface area contributed by atoms with E-state index < -0.39 is 5.97 Å². The quantitative estimate of drug-likeness (QED) is 0.515. The SMILES string of the molecule is COC(=O)c1c(NC(=O)c2cccc(C)c2)sc(C)c1-c1ccc(Br)cc1. The molecule has 0 fully saturated rings. The second-order valence-electron chi connectivity index (χ2n) is 6.06. The lowest BCUT2D eigenvalue weighted by atomic mass is 10.0. The highest BCUT2D eigenvalue weighted by Gasteiger charge is 2.25. The van der Waals surface area contributed by atoms with Crippen LogP contribution < -0.4 is 5.32 Å². The zero-order valence-electron chi connectivity index (χ0n) is 15.1. The minimum atomic E-state index is -0.475. The number of ether oxygens (including phenoxy) is 1. The van der Waals surface area contributed by atoms with E-state index in [1.54, 1.807) is 6.07 Å². The largest absolute Gasteiger partial charge is 0.465 e. The number of nitrogens with one attached hydrogen (secondary N) is 1. The molecular weight excluding hydrogens is 426 g/mol. The Morgan fingerprint density at radius 3 is 2.41 bits per heavy atom. The van der Waals surface area contributed by atoms with Gasteiger partial charge in [0.25, 0.3) is 5.91 Å². The van der Waals surface area contributed by atoms with E-state index in [-0.39, 0.29) is 5.91 Å². The molecule has 27 heavy (non-hydrogen) atoms. The third-order valence-corrected chi connectivity index (χ3v) is 5.66. The van der Waals surface area contributed by atoms with E-state index in [0.29, 0.717) is 16.1 Å². The van der Waals surface area contributed by atoms with Crippen LogP contribution in [0.25, 0.3) is 11.1 Å². The van der Waals surface area contributed by atoms with Crippen molar-refractivity contribution in [2.75, 3.05) is 12.4 Å². The van der Waals surface area contributed by atoms with Crippen LogP contribution in [0.2, 0.25) is 0 Å². The van der Waals surface area contributed by atoms with Crippen LogP contribution in [0.1, 0.15) is 31.2 Å². The minimum Gasteiger partial charge on any atom is -0.465 e. The van der Waals surface area contributed by atoms with E-state index in [9.17, 15) is 9.59 Å². The highest BCUT2D eigenvalue weighted by atomic mass is 79.9. The van der Waals surface area contributed by atoms with Crippen LogP contribution in [-0.2, 0) is 4.74 Å². The molecule has 138 valence electrons. The summed E-state index contributed by atoms with van der Waals surface area (Å²) >= 11 is 4.79. The second kappa shape index (κ2) is 8.06. The third-order valence-electron chi connectivity index (χ3n) is 4.11. The van der Waals surface area contributed by atoms with Crippen molar-refractivity contribution in [1.82, 2.24) is 0 Å². The van der Waals surface area contributed by atoms with Crippen molar-refractivity contribution in [2.45, 2.75) is 13.8 Å². The summed E-state index contributed by atoms with van der Waals surface area (Å²) in [7, 11) is 1.34. The predicted molar refractivity (Wildman–Crippen MR) is 113 cm³/mol. The van der Waals surface area contributed by atoms with Gasteiger partial charge in [-0.2, -0.15) is 0 Å². The molecule has 1 N–H and O–H groups in total. The fraction of sp³-hybridized carbons (Fsp3) is 0.143. The van der Waals surface area contributed by atoms with E-state index in [1.807, 2.05) is 56.3 Å². The zero-order chi connectivity index (χ0) is 19.6. The lowest BCUT2D eigenvalue weighted by Crippen LogP contribution is -2.14. The zero-order valence-corrected chi connectivity index (χ0v) is 17.5. The van der Waals surface area contributed by atoms with Gasteiger partial charge in [-0.05, 0) is 43.7 Å². The number of carbonyl (C=O) groups is 2. The molecule has 1 aromatic heterocycles. The Balaban J connectivity index is 2.05. The molecule has 0 saturated heterocycles. The number of anilines is 1. The van der Waals surface area contributed by atoms with Gasteiger partial charge in [0, 0.05) is 20.5 Å². The van der Waals surface area contributed by atoms with E-state index in [2.05, 4.69) is 21.2 Å². The maximum Gasteiger partial charge on any atom is 0.341 e. The van der Waals surface area contributed by atoms with Gasteiger partial charge in [-0.3, -0.25) is 4.79 Å². The molecule has 0 spiro atoms. The number of benzene rings is 2. The van der Waals surface area contributed by atoms with Crippen LogP contribution in [-0.4, -0.2) is 19.0 Å². The van der Waals surface area contributed by atoms with Gasteiger partial charge in [0.05, 0.1) is 7.11 Å². The molecule has 3 rings (SSSR count). The van der Waals surface area contributed by atoms with Crippen LogP contribution in [0, 0.1) is 13.8 Å². The van der Waals surface area contributed by atoms with E-state index >= 15 is 0 Å². The number of esters is 1. The summed E-state index contributed by atoms with van der Waals surface area (Å²) in [6.07, 6.45) is 0. The Labute approximate surface area is 170 Å². The van der Waals surface area contributed by atoms with Crippen molar-refractivity contribution < 1.29 is 14.3 Å². The summed E-state index contributed by atoms with van der Waals surface area (Å²) in [6.45, 7) is 3.86. The van der Waals surface area contributed by atoms with E-state index in [0.717, 1.165) is 26.0 Å². The highest BCUT2D eigenvalue weighted by Crippen LogP contribution is 2.40. The van der Waals surface area contributed by atoms with Crippen LogP contribution in [0.4, 0.5) is 5.00 Å². The molecule has 4 nitrogen and oxygen atoms in total. The number of amides is 1. The molecule has 0 aliphatic rings. The Morgan fingerprint density at radius 2 is 1.78 bits per heavy atom. The van der Waals surface area contributed by atoms with Gasteiger partial charge in [0.2, 0.25) is 0 Å². The topological polar surface area (TPSA) is 55.4 Å². The third kappa shape index (κ3) is 4.12. The first-order chi connectivity index (χ1) is 12.9. The first kappa shape index (κ1) is 19.3. The number of thiophene rings is 1. The van der Waals surface area contributed by atoms with Crippen molar-refractivity contribution in [3.05, 3.63) is 74.6 Å². The predicted octanol–water partition coefficient (Wildman–Crippen LogP) is 5.83. The van der Waals surface area contributed by atoms with Crippen LogP contribution in [0.15, 0.2) is 53.0 Å². The molecule has 6 heteroatoms. The molecule has 2 aromatic carbocycles. The van der Waals surface area contributed by atoms with Crippen molar-refractivity contribution in [1.29, 1.82) is 0 Å². The maximum absolute atomic E-state index is 12.7. The van der Waals surface area contributed by atoms with Crippen LogP contribution in [0.5, 0.6) is 0 Å². The second-order valence-corrected chi connectivity index (χ2v) is 8.20. The van der Waals surface area contributed by atoms with Gasteiger partial charge >= 0.3 is 5.97 Å². The standard InChI is InChI=1S/C21H18BrNO3S/c1-12-5-4-6-15(11-12)19(24)23-20-18(21(25)26-3)17(13(2)27-20)14-7-9-16(22)10-8-14/h4-11H,1-3H3,(H,23,24). The molecular formula is C21H18BrNO3S. The number of carbonyl (C=O) groups excluding carboxylic acids is 2. The van der Waals surface area contributed by atoms with Crippen LogP contribution in [0.3, 0.4) is 0 Å². The molecule has 0 saturated carbocycles. The van der Waals surface area contributed by atoms with Crippen molar-refractivity contribution in [3.63, 3.8) is 0 Å². The number of rotatable bonds is 4. The Morgan fingerprint density at radius 1 is 1.07 bits per heavy atom. The molecule has 0 aliphatic carbocycles. The average molecular weight is 444 g/mol. The molecule has 1 heterocycles. The fourth-order valence-electron chi connectivity index (χ4n) is 2.86. The Bertz CT molecular complexity index is 1010. The van der Waals surface area contributed by atoms with Gasteiger partial charge in [-0.15, -0.1) is 11.3 Å². The number of halogens is 1. The van der Waals surface area contributed by atoms with E-state index in [1.165, 1.54) is 18.4 Å². The number of hydrogen-bond donors (Lipinski definition) is 1. The first-order valence-corrected chi connectivity index (χ1v) is 9.87. The van der Waals surface area contributed by atoms with Gasteiger partial charge in [-0.1, -0.05) is 45.8 Å². The number of aryl methyl sites for hydroxylation is 2. The van der Waals surface area contributed by atoms with Crippen molar-refractivity contribution >= 4 is 44.1 Å². The monoisotopic (exact) mass is 443 g/mol. The Kier molecular flexibility index (Phi) is 5.77. The van der Waals surface area contributed by atoms with Gasteiger partial charge in [-0.25, -0.2) is 4.79 Å². The molecule has 3 aromatic rings. The van der Waals surface area contributed by atoms with Crippen LogP contribution >= 0.6 is 27.3 Å². The summed E-state index contributed by atoms with van der Waals surface area (Å²) in [5, 5.41) is 3.37. The number of hydrogen-bond acceptors (Lipinski definition) is 4. The average Bonchev–Trinajstić information content (AvgIpc) is 2.97. The summed E-state index contributed by atoms with van der Waals surface area (Å²) in [6, 6.07) is 15.0. The lowest BCUT2D eigenvalue weighted by molar-refractivity contribution is 0.0603. The first-order valence-electron chi connectivity index (χ1n) is 8.26. The molecule has 0 radical (unpaired) electrons. The molecule has 0 aliphatic heterocycles. The number of methoxy groups -OCH3 is 1. The lowest BCUT2D eigenvalue weighted by Gasteiger charge is -2.09. The minimum absolute atomic E-state index is 0.257. The maximum atomic E-state index is 12.7. The summed E-state index contributed by atoms with van der Waals surface area (Å²) < 4.78 is 5.94. The van der Waals surface area contributed by atoms with Gasteiger partial charge in [0.1, 0.15) is 10.6 Å². The smallest absolute Gasteiger partial charge is 0.341 e. The van der Waals surface area contributed by atoms with E-state index in [4.69, 9.17) is 4.74 Å². The van der Waals surface area contributed by atoms with Crippen molar-refractivity contribution in [3.8, 4) is 11.1 Å². The summed E-state index contributed by atoms with van der Waals surface area (Å²) in [5.74, 6) is -0.732. The fourth-order valence-corrected chi connectivity index (χ4v) is 4.18. The Hall–Kier alpha value is -2.44. The summed E-state index contributed by atoms with van der Waals surface area (Å²) in [4.78, 5) is 26.1. The molecule has 0 unspecified atom stereocenters. The summed E-state index contributed by atoms with van der Waals surface area (Å²) in [5.41, 5.74) is 3.58. The van der Waals surface area contributed by atoms with Gasteiger partial charge < -0.3 is 10.1 Å².